The molecule has 1 aliphatic carbocycles. The molecule has 88 valence electrons. The van der Waals surface area contributed by atoms with Crippen LogP contribution >= 0.6 is 0 Å². The molecule has 0 amide bonds. The molecule has 1 aromatic carbocycles. The van der Waals surface area contributed by atoms with Crippen molar-refractivity contribution in [3.05, 3.63) is 24.0 Å². The molecule has 2 atom stereocenters. The van der Waals surface area contributed by atoms with E-state index in [2.05, 4.69) is 5.32 Å². The summed E-state index contributed by atoms with van der Waals surface area (Å²) in [5.41, 5.74) is 6.54. The Balaban J connectivity index is 2.02. The Morgan fingerprint density at radius 1 is 1.44 bits per heavy atom. The minimum Gasteiger partial charge on any atom is -0.395 e. The van der Waals surface area contributed by atoms with Crippen molar-refractivity contribution < 1.29 is 9.13 Å². The number of methoxy groups -OCH3 is 1. The maximum absolute atomic E-state index is 13.2. The lowest BCUT2D eigenvalue weighted by atomic mass is 10.2. The van der Waals surface area contributed by atoms with Gasteiger partial charge >= 0.3 is 0 Å². The predicted octanol–water partition coefficient (Wildman–Crippen LogP) is 2.39. The van der Waals surface area contributed by atoms with Crippen LogP contribution < -0.4 is 11.1 Å². The van der Waals surface area contributed by atoms with Crippen molar-refractivity contribution >= 4 is 11.4 Å². The molecule has 4 heteroatoms. The van der Waals surface area contributed by atoms with E-state index in [0.29, 0.717) is 17.8 Å². The van der Waals surface area contributed by atoms with Crippen LogP contribution in [0.3, 0.4) is 0 Å². The third-order valence-corrected chi connectivity index (χ3v) is 3.13. The smallest absolute Gasteiger partial charge is 0.148 e. The van der Waals surface area contributed by atoms with E-state index in [1.54, 1.807) is 19.2 Å². The van der Waals surface area contributed by atoms with E-state index >= 15 is 0 Å². The first-order chi connectivity index (χ1) is 7.70. The Labute approximate surface area is 94.8 Å². The largest absolute Gasteiger partial charge is 0.395 e. The number of halogens is 1. The summed E-state index contributed by atoms with van der Waals surface area (Å²) in [6.07, 6.45) is 3.34. The third-order valence-electron chi connectivity index (χ3n) is 3.13. The summed E-state index contributed by atoms with van der Waals surface area (Å²) in [5.74, 6) is -0.369. The van der Waals surface area contributed by atoms with Crippen molar-refractivity contribution in [2.75, 3.05) is 18.2 Å². The van der Waals surface area contributed by atoms with Crippen LogP contribution in [-0.4, -0.2) is 19.3 Å². The van der Waals surface area contributed by atoms with E-state index in [1.807, 2.05) is 0 Å². The van der Waals surface area contributed by atoms with Crippen LogP contribution in [0.4, 0.5) is 15.8 Å². The number of hydrogen-bond donors (Lipinski definition) is 2. The molecule has 1 aliphatic rings. The molecule has 0 radical (unpaired) electrons. The minimum absolute atomic E-state index is 0.198. The van der Waals surface area contributed by atoms with Crippen LogP contribution in [0.5, 0.6) is 0 Å². The number of nitrogen functional groups attached to an aromatic ring is 1. The summed E-state index contributed by atoms with van der Waals surface area (Å²) in [4.78, 5) is 0. The molecule has 16 heavy (non-hydrogen) atoms. The van der Waals surface area contributed by atoms with Crippen molar-refractivity contribution in [3.63, 3.8) is 0 Å². The van der Waals surface area contributed by atoms with Crippen molar-refractivity contribution in [2.45, 2.75) is 31.4 Å². The fourth-order valence-corrected chi connectivity index (χ4v) is 2.17. The fourth-order valence-electron chi connectivity index (χ4n) is 2.17. The molecule has 0 bridgehead atoms. The van der Waals surface area contributed by atoms with Crippen molar-refractivity contribution in [1.82, 2.24) is 0 Å². The lowest BCUT2D eigenvalue weighted by molar-refractivity contribution is 0.108. The van der Waals surface area contributed by atoms with E-state index in [-0.39, 0.29) is 11.5 Å². The highest BCUT2D eigenvalue weighted by Gasteiger charge is 2.24. The second kappa shape index (κ2) is 4.70. The van der Waals surface area contributed by atoms with E-state index in [1.165, 1.54) is 6.07 Å². The van der Waals surface area contributed by atoms with E-state index in [0.717, 1.165) is 19.3 Å². The number of ether oxygens (including phenoxy) is 1. The van der Waals surface area contributed by atoms with Gasteiger partial charge in [-0.25, -0.2) is 4.39 Å². The number of nitrogens with one attached hydrogen (secondary N) is 1. The lowest BCUT2D eigenvalue weighted by Gasteiger charge is -2.16. The topological polar surface area (TPSA) is 47.3 Å². The molecule has 1 saturated carbocycles. The number of nitrogens with two attached hydrogens (primary N) is 1. The number of para-hydroxylation sites is 1. The first kappa shape index (κ1) is 11.2. The van der Waals surface area contributed by atoms with Crippen LogP contribution in [0.1, 0.15) is 19.3 Å². The number of anilines is 2. The zero-order valence-electron chi connectivity index (χ0n) is 9.37. The molecule has 0 aromatic heterocycles. The van der Waals surface area contributed by atoms with Gasteiger partial charge in [-0.2, -0.15) is 0 Å². The zero-order valence-corrected chi connectivity index (χ0v) is 9.37. The summed E-state index contributed by atoms with van der Waals surface area (Å²) in [7, 11) is 1.73. The molecule has 3 nitrogen and oxygen atoms in total. The van der Waals surface area contributed by atoms with Gasteiger partial charge in [-0.05, 0) is 31.4 Å². The molecule has 1 fully saturated rings. The van der Waals surface area contributed by atoms with Crippen LogP contribution in [-0.2, 0) is 4.74 Å². The van der Waals surface area contributed by atoms with Gasteiger partial charge in [0, 0.05) is 13.2 Å². The van der Waals surface area contributed by atoms with Crippen LogP contribution in [0.25, 0.3) is 0 Å². The van der Waals surface area contributed by atoms with Crippen molar-refractivity contribution in [2.24, 2.45) is 0 Å². The molecule has 2 rings (SSSR count). The standard InChI is InChI=1S/C12H17FN2O/c1-16-9-6-5-8(7-9)15-11-4-2-3-10(13)12(11)14/h2-4,8-9,15H,5-7,14H2,1H3. The van der Waals surface area contributed by atoms with E-state index in [9.17, 15) is 4.39 Å². The molecule has 3 N–H and O–H groups in total. The Kier molecular flexibility index (Phi) is 3.29. The number of hydrogen-bond acceptors (Lipinski definition) is 3. The highest BCUT2D eigenvalue weighted by atomic mass is 19.1. The quantitative estimate of drug-likeness (QED) is 0.775. The summed E-state index contributed by atoms with van der Waals surface area (Å²) >= 11 is 0. The second-order valence-electron chi connectivity index (χ2n) is 4.21. The molecule has 1 aromatic rings. The molecule has 2 unspecified atom stereocenters. The summed E-state index contributed by atoms with van der Waals surface area (Å²) < 4.78 is 18.5. The van der Waals surface area contributed by atoms with Gasteiger partial charge in [0.15, 0.2) is 0 Å². The molecule has 0 heterocycles. The summed E-state index contributed by atoms with van der Waals surface area (Å²) in [6.45, 7) is 0. The molecular formula is C12H17FN2O. The normalized spacial score (nSPS) is 24.6. The van der Waals surface area contributed by atoms with Gasteiger partial charge in [0.2, 0.25) is 0 Å². The predicted molar refractivity (Wildman–Crippen MR) is 62.9 cm³/mol. The Morgan fingerprint density at radius 3 is 2.94 bits per heavy atom. The fraction of sp³-hybridized carbons (Fsp3) is 0.500. The SMILES string of the molecule is COC1CCC(Nc2cccc(F)c2N)C1. The lowest BCUT2D eigenvalue weighted by Crippen LogP contribution is -2.18. The molecule has 0 spiro atoms. The van der Waals surface area contributed by atoms with Crippen molar-refractivity contribution in [3.8, 4) is 0 Å². The third kappa shape index (κ3) is 2.27. The van der Waals surface area contributed by atoms with Gasteiger partial charge in [-0.15, -0.1) is 0 Å². The highest BCUT2D eigenvalue weighted by Crippen LogP contribution is 2.28. The Hall–Kier alpha value is -1.29. The first-order valence-corrected chi connectivity index (χ1v) is 5.54. The Bertz CT molecular complexity index is 370. The minimum atomic E-state index is -0.369. The average molecular weight is 224 g/mol. The molecular weight excluding hydrogens is 207 g/mol. The van der Waals surface area contributed by atoms with Crippen LogP contribution in [0.2, 0.25) is 0 Å². The molecule has 0 aliphatic heterocycles. The average Bonchev–Trinajstić information content (AvgIpc) is 2.73. The van der Waals surface area contributed by atoms with Gasteiger partial charge in [-0.3, -0.25) is 0 Å². The molecule has 0 saturated heterocycles. The first-order valence-electron chi connectivity index (χ1n) is 5.54. The summed E-state index contributed by atoms with van der Waals surface area (Å²) in [5, 5.41) is 3.27. The van der Waals surface area contributed by atoms with Gasteiger partial charge in [0.1, 0.15) is 5.82 Å². The van der Waals surface area contributed by atoms with E-state index < -0.39 is 0 Å². The van der Waals surface area contributed by atoms with Crippen LogP contribution in [0, 0.1) is 5.82 Å². The van der Waals surface area contributed by atoms with Crippen molar-refractivity contribution in [1.29, 1.82) is 0 Å². The summed E-state index contributed by atoms with van der Waals surface area (Å²) in [6, 6.07) is 5.16. The second-order valence-corrected chi connectivity index (χ2v) is 4.21. The monoisotopic (exact) mass is 224 g/mol. The van der Waals surface area contributed by atoms with Gasteiger partial charge < -0.3 is 15.8 Å². The van der Waals surface area contributed by atoms with Gasteiger partial charge in [0.05, 0.1) is 17.5 Å². The maximum atomic E-state index is 13.2. The van der Waals surface area contributed by atoms with Gasteiger partial charge in [-0.1, -0.05) is 6.07 Å². The highest BCUT2D eigenvalue weighted by molar-refractivity contribution is 5.66. The maximum Gasteiger partial charge on any atom is 0.148 e. The Morgan fingerprint density at radius 2 is 2.25 bits per heavy atom. The van der Waals surface area contributed by atoms with E-state index in [4.69, 9.17) is 10.5 Å². The zero-order chi connectivity index (χ0) is 11.5. The van der Waals surface area contributed by atoms with Crippen LogP contribution in [0.15, 0.2) is 18.2 Å². The van der Waals surface area contributed by atoms with Gasteiger partial charge in [0.25, 0.3) is 0 Å². The number of benzene rings is 1. The number of rotatable bonds is 3.